The summed E-state index contributed by atoms with van der Waals surface area (Å²) in [5.74, 6) is -0.121. The summed E-state index contributed by atoms with van der Waals surface area (Å²) < 4.78 is 0. The molecule has 0 spiro atoms. The predicted octanol–water partition coefficient (Wildman–Crippen LogP) is 2.60. The molecule has 0 aromatic heterocycles. The number of thioether (sulfide) groups is 1. The summed E-state index contributed by atoms with van der Waals surface area (Å²) in [5.41, 5.74) is 1.36. The third-order valence-electron chi connectivity index (χ3n) is 5.06. The molecule has 6 nitrogen and oxygen atoms in total. The van der Waals surface area contributed by atoms with E-state index in [9.17, 15) is 9.59 Å². The summed E-state index contributed by atoms with van der Waals surface area (Å²) in [4.78, 5) is 35.4. The Kier molecular flexibility index (Phi) is 6.36. The second kappa shape index (κ2) is 8.75. The number of carbonyl (C=O) groups excluding carboxylic acids is 2. The molecule has 1 amide bonds. The van der Waals surface area contributed by atoms with Gasteiger partial charge in [0.15, 0.2) is 0 Å². The van der Waals surface area contributed by atoms with Gasteiger partial charge in [-0.15, -0.1) is 0 Å². The Balaban J connectivity index is 1.93. The number of amides is 1. The van der Waals surface area contributed by atoms with Crippen molar-refractivity contribution < 1.29 is 9.59 Å². The number of rotatable bonds is 6. The Morgan fingerprint density at radius 3 is 2.57 bits per heavy atom. The fourth-order valence-electron chi connectivity index (χ4n) is 3.69. The van der Waals surface area contributed by atoms with Gasteiger partial charge in [0.2, 0.25) is 5.78 Å². The fraction of sp³-hybridized carbons (Fsp3) is 0.381. The average Bonchev–Trinajstić information content (AvgIpc) is 3.33. The number of hydrogen-bond donors (Lipinski definition) is 1. The zero-order valence-electron chi connectivity index (χ0n) is 16.5. The van der Waals surface area contributed by atoms with E-state index in [1.807, 2.05) is 4.90 Å². The van der Waals surface area contributed by atoms with Crippen LogP contribution in [0.15, 0.2) is 63.2 Å². The van der Waals surface area contributed by atoms with Crippen LogP contribution in [0, 0.1) is 0 Å². The van der Waals surface area contributed by atoms with Crippen molar-refractivity contribution in [2.45, 2.75) is 19.8 Å². The molecule has 3 aliphatic heterocycles. The quantitative estimate of drug-likeness (QED) is 0.550. The summed E-state index contributed by atoms with van der Waals surface area (Å²) in [6, 6.07) is 0. The van der Waals surface area contributed by atoms with Crippen molar-refractivity contribution in [3.8, 4) is 0 Å². The van der Waals surface area contributed by atoms with Gasteiger partial charge in [-0.1, -0.05) is 37.1 Å². The number of aliphatic imine (C=N–C) groups is 1. The van der Waals surface area contributed by atoms with E-state index in [0.29, 0.717) is 23.0 Å². The molecule has 0 atom stereocenters. The van der Waals surface area contributed by atoms with Crippen molar-refractivity contribution in [3.05, 3.63) is 58.2 Å². The second-order valence-electron chi connectivity index (χ2n) is 6.66. The van der Waals surface area contributed by atoms with Crippen LogP contribution < -0.4 is 5.32 Å². The number of ketones is 1. The normalized spacial score (nSPS) is 23.1. The molecule has 0 aromatic carbocycles. The first-order valence-electron chi connectivity index (χ1n) is 9.47. The van der Waals surface area contributed by atoms with Gasteiger partial charge in [0.05, 0.1) is 11.3 Å². The molecule has 0 unspecified atom stereocenters. The van der Waals surface area contributed by atoms with Crippen molar-refractivity contribution in [1.29, 1.82) is 0 Å². The summed E-state index contributed by atoms with van der Waals surface area (Å²) in [6.07, 6.45) is 7.53. The van der Waals surface area contributed by atoms with Crippen LogP contribution in [0.2, 0.25) is 0 Å². The van der Waals surface area contributed by atoms with Crippen molar-refractivity contribution in [2.24, 2.45) is 4.99 Å². The van der Waals surface area contributed by atoms with Crippen LogP contribution in [0.1, 0.15) is 19.8 Å². The predicted molar refractivity (Wildman–Crippen MR) is 115 cm³/mol. The largest absolute Gasteiger partial charge is 0.351 e. The van der Waals surface area contributed by atoms with E-state index in [1.165, 1.54) is 24.6 Å². The lowest BCUT2D eigenvalue weighted by atomic mass is 9.97. The highest BCUT2D eigenvalue weighted by atomic mass is 32.2. The number of nitrogens with zero attached hydrogens (tertiary/aromatic N) is 3. The molecule has 3 rings (SSSR count). The van der Waals surface area contributed by atoms with Gasteiger partial charge in [0, 0.05) is 25.0 Å². The molecule has 28 heavy (non-hydrogen) atoms. The van der Waals surface area contributed by atoms with Crippen molar-refractivity contribution >= 4 is 29.3 Å². The average molecular weight is 399 g/mol. The first-order valence-corrected chi connectivity index (χ1v) is 10.3. The Bertz CT molecular complexity index is 844. The third kappa shape index (κ3) is 3.52. The topological polar surface area (TPSA) is 65.0 Å². The highest BCUT2D eigenvalue weighted by Gasteiger charge is 2.43. The molecule has 148 valence electrons. The smallest absolute Gasteiger partial charge is 0.258 e. The summed E-state index contributed by atoms with van der Waals surface area (Å²) in [5, 5.41) is 3.50. The van der Waals surface area contributed by atoms with Gasteiger partial charge in [-0.3, -0.25) is 19.5 Å². The molecule has 0 radical (unpaired) electrons. The molecule has 0 bridgehead atoms. The van der Waals surface area contributed by atoms with Crippen LogP contribution in [0.3, 0.4) is 0 Å². The number of carbonyl (C=O) groups is 2. The van der Waals surface area contributed by atoms with Crippen molar-refractivity contribution in [1.82, 2.24) is 15.1 Å². The Morgan fingerprint density at radius 2 is 2.00 bits per heavy atom. The van der Waals surface area contributed by atoms with E-state index in [0.717, 1.165) is 30.2 Å². The number of likely N-dealkylation sites (tertiary alicyclic amines) is 1. The SMILES string of the molecule is C=CC1=C(C=C)N2C(=NC)/C(=C\C)C(=O)C(C(=O)NCCN3CCCC3)=C2S1. The minimum absolute atomic E-state index is 0.156. The van der Waals surface area contributed by atoms with Crippen molar-refractivity contribution in [2.75, 3.05) is 33.2 Å². The monoisotopic (exact) mass is 398 g/mol. The van der Waals surface area contributed by atoms with Gasteiger partial charge < -0.3 is 10.2 Å². The molecular weight excluding hydrogens is 372 g/mol. The maximum Gasteiger partial charge on any atom is 0.258 e. The molecule has 3 heterocycles. The molecule has 0 saturated carbocycles. The van der Waals surface area contributed by atoms with Crippen LogP contribution in [-0.2, 0) is 9.59 Å². The zero-order valence-corrected chi connectivity index (χ0v) is 17.3. The molecule has 1 N–H and O–H groups in total. The van der Waals surface area contributed by atoms with Crippen molar-refractivity contribution in [3.63, 3.8) is 0 Å². The highest BCUT2D eigenvalue weighted by molar-refractivity contribution is 8.07. The lowest BCUT2D eigenvalue weighted by Gasteiger charge is -2.30. The summed E-state index contributed by atoms with van der Waals surface area (Å²) >= 11 is 1.35. The van der Waals surface area contributed by atoms with Gasteiger partial charge in [-0.25, -0.2) is 0 Å². The second-order valence-corrected chi connectivity index (χ2v) is 7.69. The number of allylic oxidation sites excluding steroid dienone is 3. The van der Waals surface area contributed by atoms with Crippen LogP contribution in [0.4, 0.5) is 0 Å². The van der Waals surface area contributed by atoms with E-state index < -0.39 is 0 Å². The molecule has 0 aromatic rings. The third-order valence-corrected chi connectivity index (χ3v) is 6.24. The standard InChI is InChI=1S/C21H26N4O2S/c1-5-14-18(26)17(20(27)23-10-13-24-11-8-9-12-24)21-25(19(14)22-4)15(6-2)16(7-3)28-21/h5-7H,2-3,8-13H2,1,4H3,(H,23,27)/b14-5-,22-19?. The minimum Gasteiger partial charge on any atom is -0.351 e. The molecule has 1 fully saturated rings. The first kappa shape index (κ1) is 20.4. The van der Waals surface area contributed by atoms with E-state index in [1.54, 1.807) is 32.2 Å². The van der Waals surface area contributed by atoms with E-state index in [4.69, 9.17) is 0 Å². The molecule has 0 aliphatic carbocycles. The van der Waals surface area contributed by atoms with Crippen LogP contribution in [0.5, 0.6) is 0 Å². The molecule has 1 saturated heterocycles. The number of Topliss-reactive ketones (excluding diaryl/α,β-unsaturated/α-hetero) is 1. The maximum absolute atomic E-state index is 13.1. The number of amidine groups is 1. The molecular formula is C21H26N4O2S. The fourth-order valence-corrected chi connectivity index (χ4v) is 4.82. The van der Waals surface area contributed by atoms with Gasteiger partial charge >= 0.3 is 0 Å². The number of fused-ring (bicyclic) bond motifs is 1. The molecule has 3 aliphatic rings. The zero-order chi connectivity index (χ0) is 20.3. The number of hydrogen-bond acceptors (Lipinski definition) is 5. The van der Waals surface area contributed by atoms with Gasteiger partial charge in [-0.05, 0) is 38.9 Å². The number of nitrogens with one attached hydrogen (secondary N) is 1. The van der Waals surface area contributed by atoms with Crippen LogP contribution in [0.25, 0.3) is 0 Å². The summed E-state index contributed by atoms with van der Waals surface area (Å²) in [6.45, 7) is 13.0. The van der Waals surface area contributed by atoms with E-state index in [2.05, 4.69) is 28.4 Å². The summed E-state index contributed by atoms with van der Waals surface area (Å²) in [7, 11) is 1.64. The first-order chi connectivity index (χ1) is 13.6. The maximum atomic E-state index is 13.1. The van der Waals surface area contributed by atoms with Crippen LogP contribution in [-0.4, -0.2) is 60.6 Å². The lowest BCUT2D eigenvalue weighted by molar-refractivity contribution is -0.121. The highest BCUT2D eigenvalue weighted by Crippen LogP contribution is 2.47. The van der Waals surface area contributed by atoms with E-state index >= 15 is 0 Å². The molecule has 7 heteroatoms. The van der Waals surface area contributed by atoms with Gasteiger partial charge in [0.25, 0.3) is 5.91 Å². The Labute approximate surface area is 170 Å². The van der Waals surface area contributed by atoms with Gasteiger partial charge in [0.1, 0.15) is 16.4 Å². The van der Waals surface area contributed by atoms with Crippen LogP contribution >= 0.6 is 11.8 Å². The van der Waals surface area contributed by atoms with E-state index in [-0.39, 0.29) is 17.3 Å². The Morgan fingerprint density at radius 1 is 1.29 bits per heavy atom. The van der Waals surface area contributed by atoms with Gasteiger partial charge in [-0.2, -0.15) is 0 Å². The minimum atomic E-state index is -0.347. The Hall–Kier alpha value is -2.38. The lowest BCUT2D eigenvalue weighted by Crippen LogP contribution is -2.42.